The van der Waals surface area contributed by atoms with Crippen molar-refractivity contribution in [2.45, 2.75) is 44.9 Å². The number of nitrogens with zero attached hydrogens (tertiary/aromatic N) is 1. The molecule has 0 aliphatic rings. The maximum Gasteiger partial charge on any atom is 0.219 e. The Bertz CT molecular complexity index is 290. The van der Waals surface area contributed by atoms with Crippen molar-refractivity contribution in [1.82, 2.24) is 4.31 Å². The van der Waals surface area contributed by atoms with Gasteiger partial charge < -0.3 is 0 Å². The molecule has 0 rings (SSSR count). The van der Waals surface area contributed by atoms with E-state index in [0.717, 1.165) is 0 Å². The number of hydrogen-bond acceptors (Lipinski definition) is 2. The maximum absolute atomic E-state index is 12.0. The zero-order valence-electron chi connectivity index (χ0n) is 9.76. The van der Waals surface area contributed by atoms with Crippen molar-refractivity contribution in [2.75, 3.05) is 12.9 Å². The molecular formula is C9H20ClNO2S. The lowest BCUT2D eigenvalue weighted by Crippen LogP contribution is -2.52. The fourth-order valence-electron chi connectivity index (χ4n) is 0.820. The Morgan fingerprint density at radius 3 is 1.71 bits per heavy atom. The SMILES string of the molecule is CN(C(C)(C)CCl)S(=O)(=O)C(C)(C)C. The van der Waals surface area contributed by atoms with Crippen LogP contribution in [0.25, 0.3) is 0 Å². The third-order valence-corrected chi connectivity index (χ3v) is 5.73. The number of alkyl halides is 1. The summed E-state index contributed by atoms with van der Waals surface area (Å²) in [5.41, 5.74) is -0.548. The van der Waals surface area contributed by atoms with Crippen molar-refractivity contribution in [3.63, 3.8) is 0 Å². The summed E-state index contributed by atoms with van der Waals surface area (Å²) in [6.45, 7) is 8.67. The quantitative estimate of drug-likeness (QED) is 0.710. The summed E-state index contributed by atoms with van der Waals surface area (Å²) < 4.78 is 24.6. The Hall–Kier alpha value is 0.200. The van der Waals surface area contributed by atoms with Gasteiger partial charge in [-0.15, -0.1) is 11.6 Å². The molecule has 0 aliphatic carbocycles. The second kappa shape index (κ2) is 3.99. The van der Waals surface area contributed by atoms with Crippen LogP contribution < -0.4 is 0 Å². The molecule has 0 saturated carbocycles. The van der Waals surface area contributed by atoms with E-state index in [1.54, 1.807) is 27.8 Å². The van der Waals surface area contributed by atoms with Crippen molar-refractivity contribution >= 4 is 21.6 Å². The smallest absolute Gasteiger partial charge is 0.212 e. The molecule has 0 bridgehead atoms. The highest BCUT2D eigenvalue weighted by Crippen LogP contribution is 2.26. The molecule has 86 valence electrons. The van der Waals surface area contributed by atoms with Crippen LogP contribution in [0.15, 0.2) is 0 Å². The molecule has 5 heteroatoms. The summed E-state index contributed by atoms with van der Waals surface area (Å²) in [6.07, 6.45) is 0. The van der Waals surface area contributed by atoms with Crippen LogP contribution >= 0.6 is 11.6 Å². The Kier molecular flexibility index (Phi) is 4.04. The van der Waals surface area contributed by atoms with E-state index in [-0.39, 0.29) is 5.88 Å². The fraction of sp³-hybridized carbons (Fsp3) is 1.00. The lowest BCUT2D eigenvalue weighted by atomic mass is 10.1. The zero-order valence-corrected chi connectivity index (χ0v) is 11.3. The predicted octanol–water partition coefficient (Wildman–Crippen LogP) is 2.06. The minimum atomic E-state index is -3.30. The molecule has 0 aromatic heterocycles. The molecular weight excluding hydrogens is 222 g/mol. The molecule has 0 aromatic carbocycles. The van der Waals surface area contributed by atoms with Gasteiger partial charge in [-0.1, -0.05) is 0 Å². The highest BCUT2D eigenvalue weighted by molar-refractivity contribution is 7.90. The molecule has 0 aromatic rings. The minimum absolute atomic E-state index is 0.277. The van der Waals surface area contributed by atoms with Crippen molar-refractivity contribution in [2.24, 2.45) is 0 Å². The topological polar surface area (TPSA) is 37.4 Å². The predicted molar refractivity (Wildman–Crippen MR) is 61.2 cm³/mol. The summed E-state index contributed by atoms with van der Waals surface area (Å²) >= 11 is 5.74. The molecule has 0 spiro atoms. The van der Waals surface area contributed by atoms with Gasteiger partial charge in [0.1, 0.15) is 0 Å². The lowest BCUT2D eigenvalue weighted by molar-refractivity contribution is 0.288. The van der Waals surface area contributed by atoms with Crippen LogP contribution in [-0.4, -0.2) is 35.9 Å². The van der Waals surface area contributed by atoms with Crippen LogP contribution in [0.5, 0.6) is 0 Å². The van der Waals surface area contributed by atoms with Crippen LogP contribution in [0.2, 0.25) is 0 Å². The van der Waals surface area contributed by atoms with Gasteiger partial charge in [0, 0.05) is 18.5 Å². The fourth-order valence-corrected chi connectivity index (χ4v) is 2.61. The Morgan fingerprint density at radius 2 is 1.50 bits per heavy atom. The molecule has 0 atom stereocenters. The average molecular weight is 242 g/mol. The highest BCUT2D eigenvalue weighted by atomic mass is 35.5. The molecule has 0 aliphatic heterocycles. The minimum Gasteiger partial charge on any atom is -0.212 e. The van der Waals surface area contributed by atoms with Gasteiger partial charge >= 0.3 is 0 Å². The highest BCUT2D eigenvalue weighted by Gasteiger charge is 2.39. The van der Waals surface area contributed by atoms with E-state index >= 15 is 0 Å². The van der Waals surface area contributed by atoms with Gasteiger partial charge in [0.25, 0.3) is 0 Å². The molecule has 0 heterocycles. The first-order chi connectivity index (χ1) is 5.97. The van der Waals surface area contributed by atoms with Gasteiger partial charge in [-0.25, -0.2) is 8.42 Å². The monoisotopic (exact) mass is 241 g/mol. The maximum atomic E-state index is 12.0. The summed E-state index contributed by atoms with van der Waals surface area (Å²) in [7, 11) is -1.72. The van der Waals surface area contributed by atoms with Gasteiger partial charge in [0.2, 0.25) is 10.0 Å². The van der Waals surface area contributed by atoms with Gasteiger partial charge in [-0.05, 0) is 34.6 Å². The standard InChI is InChI=1S/C9H20ClNO2S/c1-8(2,3)14(12,13)11(6)9(4,5)7-10/h7H2,1-6H3. The lowest BCUT2D eigenvalue weighted by Gasteiger charge is -2.37. The normalized spacial score (nSPS) is 14.9. The Balaban J connectivity index is 5.16. The van der Waals surface area contributed by atoms with E-state index in [9.17, 15) is 8.42 Å². The summed E-state index contributed by atoms with van der Waals surface area (Å²) in [5.74, 6) is 0.277. The molecule has 0 amide bonds. The van der Waals surface area contributed by atoms with Gasteiger partial charge in [0.15, 0.2) is 0 Å². The Morgan fingerprint density at radius 1 is 1.14 bits per heavy atom. The average Bonchev–Trinajstić information content (AvgIpc) is 2.01. The van der Waals surface area contributed by atoms with Gasteiger partial charge in [-0.2, -0.15) is 4.31 Å². The molecule has 0 radical (unpaired) electrons. The van der Waals surface area contributed by atoms with Gasteiger partial charge in [-0.3, -0.25) is 0 Å². The first-order valence-electron chi connectivity index (χ1n) is 4.51. The third-order valence-electron chi connectivity index (χ3n) is 2.31. The van der Waals surface area contributed by atoms with Crippen molar-refractivity contribution < 1.29 is 8.42 Å². The zero-order chi connectivity index (χ0) is 11.8. The van der Waals surface area contributed by atoms with E-state index in [1.807, 2.05) is 13.8 Å². The molecule has 0 saturated heterocycles. The van der Waals surface area contributed by atoms with E-state index in [1.165, 1.54) is 4.31 Å². The number of hydrogen-bond donors (Lipinski definition) is 0. The van der Waals surface area contributed by atoms with Gasteiger partial charge in [0.05, 0.1) is 4.75 Å². The largest absolute Gasteiger partial charge is 0.219 e. The van der Waals surface area contributed by atoms with Crippen LogP contribution in [0, 0.1) is 0 Å². The van der Waals surface area contributed by atoms with E-state index in [0.29, 0.717) is 0 Å². The number of rotatable bonds is 3. The van der Waals surface area contributed by atoms with E-state index in [4.69, 9.17) is 11.6 Å². The van der Waals surface area contributed by atoms with Crippen LogP contribution in [0.1, 0.15) is 34.6 Å². The second-order valence-corrected chi connectivity index (χ2v) is 8.02. The Labute approximate surface area is 92.5 Å². The van der Waals surface area contributed by atoms with E-state index < -0.39 is 20.3 Å². The van der Waals surface area contributed by atoms with Crippen molar-refractivity contribution in [3.05, 3.63) is 0 Å². The van der Waals surface area contributed by atoms with Crippen LogP contribution in [-0.2, 0) is 10.0 Å². The van der Waals surface area contributed by atoms with Crippen LogP contribution in [0.4, 0.5) is 0 Å². The molecule has 3 nitrogen and oxygen atoms in total. The summed E-state index contributed by atoms with van der Waals surface area (Å²) in [6, 6.07) is 0. The first-order valence-corrected chi connectivity index (χ1v) is 6.49. The molecule has 14 heavy (non-hydrogen) atoms. The number of halogens is 1. The van der Waals surface area contributed by atoms with Crippen molar-refractivity contribution in [1.29, 1.82) is 0 Å². The summed E-state index contributed by atoms with van der Waals surface area (Å²) in [5, 5.41) is 0. The summed E-state index contributed by atoms with van der Waals surface area (Å²) in [4.78, 5) is 0. The third kappa shape index (κ3) is 2.61. The molecule has 0 fully saturated rings. The number of sulfonamides is 1. The first kappa shape index (κ1) is 14.2. The van der Waals surface area contributed by atoms with Crippen molar-refractivity contribution in [3.8, 4) is 0 Å². The molecule has 0 unspecified atom stereocenters. The second-order valence-electron chi connectivity index (χ2n) is 5.03. The molecule has 0 N–H and O–H groups in total. The van der Waals surface area contributed by atoms with Crippen LogP contribution in [0.3, 0.4) is 0 Å². The van der Waals surface area contributed by atoms with E-state index in [2.05, 4.69) is 0 Å².